The first kappa shape index (κ1) is 14.7. The Hall–Kier alpha value is -1.73. The molecule has 1 aromatic rings. The first-order valence-corrected chi connectivity index (χ1v) is 7.27. The molecule has 0 radical (unpaired) electrons. The van der Waals surface area contributed by atoms with Gasteiger partial charge in [0.15, 0.2) is 0 Å². The summed E-state index contributed by atoms with van der Waals surface area (Å²) in [5.41, 5.74) is 1.56. The van der Waals surface area contributed by atoms with Gasteiger partial charge in [0.1, 0.15) is 17.5 Å². The molecular weight excluding hydrogens is 250 g/mol. The lowest BCUT2D eigenvalue weighted by atomic mass is 10.0. The molecule has 2 heterocycles. The van der Waals surface area contributed by atoms with Crippen LogP contribution >= 0.6 is 0 Å². The summed E-state index contributed by atoms with van der Waals surface area (Å²) < 4.78 is 0. The third kappa shape index (κ3) is 4.14. The summed E-state index contributed by atoms with van der Waals surface area (Å²) >= 11 is 0. The lowest BCUT2D eigenvalue weighted by Gasteiger charge is -2.29. The second-order valence-corrected chi connectivity index (χ2v) is 5.54. The molecule has 1 aromatic heterocycles. The van der Waals surface area contributed by atoms with Crippen molar-refractivity contribution in [3.8, 4) is 6.07 Å². The van der Waals surface area contributed by atoms with Gasteiger partial charge in [0, 0.05) is 25.2 Å². The van der Waals surface area contributed by atoms with Gasteiger partial charge in [-0.15, -0.1) is 0 Å². The third-order valence-electron chi connectivity index (χ3n) is 3.85. The number of nitrogens with zero attached hydrogens (tertiary/aromatic N) is 3. The molecule has 1 atom stereocenters. The maximum Gasteiger partial charge on any atom is 0.140 e. The average Bonchev–Trinajstić information content (AvgIpc) is 2.64. The van der Waals surface area contributed by atoms with Crippen LogP contribution in [0.1, 0.15) is 50.3 Å². The summed E-state index contributed by atoms with van der Waals surface area (Å²) in [7, 11) is 0. The van der Waals surface area contributed by atoms with Crippen LogP contribution in [-0.4, -0.2) is 28.3 Å². The Morgan fingerprint density at radius 3 is 3.10 bits per heavy atom. The molecular formula is C16H21N3O. The molecule has 1 aliphatic rings. The number of ketones is 1. The summed E-state index contributed by atoms with van der Waals surface area (Å²) in [5, 5.41) is 8.91. The van der Waals surface area contributed by atoms with Gasteiger partial charge in [-0.25, -0.2) is 4.98 Å². The van der Waals surface area contributed by atoms with Gasteiger partial charge in [-0.3, -0.25) is 9.69 Å². The van der Waals surface area contributed by atoms with Crippen molar-refractivity contribution < 1.29 is 4.79 Å². The molecule has 0 aliphatic carbocycles. The summed E-state index contributed by atoms with van der Waals surface area (Å²) in [5.74, 6) is 0.259. The van der Waals surface area contributed by atoms with Crippen molar-refractivity contribution in [2.45, 2.75) is 51.6 Å². The largest absolute Gasteiger partial charge is 0.300 e. The van der Waals surface area contributed by atoms with E-state index >= 15 is 0 Å². The molecule has 0 N–H and O–H groups in total. The van der Waals surface area contributed by atoms with Crippen molar-refractivity contribution in [2.24, 2.45) is 0 Å². The molecule has 106 valence electrons. The number of hydrogen-bond donors (Lipinski definition) is 0. The fourth-order valence-electron chi connectivity index (χ4n) is 2.88. The number of carbonyl (C=O) groups is 1. The molecule has 0 spiro atoms. The predicted octanol–water partition coefficient (Wildman–Crippen LogP) is 2.68. The van der Waals surface area contributed by atoms with Gasteiger partial charge < -0.3 is 0 Å². The summed E-state index contributed by atoms with van der Waals surface area (Å²) in [6.07, 6.45) is 7.04. The van der Waals surface area contributed by atoms with E-state index in [1.807, 2.05) is 12.1 Å². The lowest BCUT2D eigenvalue weighted by molar-refractivity contribution is -0.118. The zero-order valence-electron chi connectivity index (χ0n) is 12.0. The SMILES string of the molecule is CC(=O)CC1CCCCCN1Cc1ccnc(C#N)c1. The van der Waals surface area contributed by atoms with E-state index in [9.17, 15) is 4.79 Å². The zero-order chi connectivity index (χ0) is 14.4. The smallest absolute Gasteiger partial charge is 0.140 e. The molecule has 20 heavy (non-hydrogen) atoms. The Morgan fingerprint density at radius 2 is 2.35 bits per heavy atom. The maximum atomic E-state index is 11.4. The van der Waals surface area contributed by atoms with Gasteiger partial charge in [0.05, 0.1) is 0 Å². The second-order valence-electron chi connectivity index (χ2n) is 5.54. The monoisotopic (exact) mass is 271 g/mol. The third-order valence-corrected chi connectivity index (χ3v) is 3.85. The first-order valence-electron chi connectivity index (χ1n) is 7.27. The number of hydrogen-bond acceptors (Lipinski definition) is 4. The van der Waals surface area contributed by atoms with Crippen molar-refractivity contribution in [1.82, 2.24) is 9.88 Å². The normalized spacial score (nSPS) is 20.1. The second kappa shape index (κ2) is 7.16. The van der Waals surface area contributed by atoms with Crippen LogP contribution in [0.15, 0.2) is 18.3 Å². The van der Waals surface area contributed by atoms with Crippen LogP contribution in [0, 0.1) is 11.3 Å². The highest BCUT2D eigenvalue weighted by Crippen LogP contribution is 2.21. The summed E-state index contributed by atoms with van der Waals surface area (Å²) in [4.78, 5) is 17.8. The number of aromatic nitrogens is 1. The Labute approximate surface area is 120 Å². The van der Waals surface area contributed by atoms with Crippen LogP contribution in [0.4, 0.5) is 0 Å². The van der Waals surface area contributed by atoms with E-state index in [-0.39, 0.29) is 5.78 Å². The Balaban J connectivity index is 2.10. The highest BCUT2D eigenvalue weighted by atomic mass is 16.1. The first-order chi connectivity index (χ1) is 9.69. The van der Waals surface area contributed by atoms with Gasteiger partial charge in [-0.1, -0.05) is 12.8 Å². The molecule has 0 aromatic carbocycles. The quantitative estimate of drug-likeness (QED) is 0.844. The number of likely N-dealkylation sites (tertiary alicyclic amines) is 1. The highest BCUT2D eigenvalue weighted by Gasteiger charge is 2.22. The molecule has 1 aliphatic heterocycles. The van der Waals surface area contributed by atoms with E-state index in [1.165, 1.54) is 19.3 Å². The van der Waals surface area contributed by atoms with Crippen molar-refractivity contribution in [3.63, 3.8) is 0 Å². The number of pyridine rings is 1. The number of nitriles is 1. The van der Waals surface area contributed by atoms with Crippen LogP contribution in [0.3, 0.4) is 0 Å². The number of rotatable bonds is 4. The van der Waals surface area contributed by atoms with Crippen LogP contribution in [0.25, 0.3) is 0 Å². The Kier molecular flexibility index (Phi) is 5.25. The van der Waals surface area contributed by atoms with E-state index in [4.69, 9.17) is 5.26 Å². The van der Waals surface area contributed by atoms with Gasteiger partial charge >= 0.3 is 0 Å². The van der Waals surface area contributed by atoms with Crippen molar-refractivity contribution in [1.29, 1.82) is 5.26 Å². The van der Waals surface area contributed by atoms with Gasteiger partial charge in [0.2, 0.25) is 0 Å². The number of carbonyl (C=O) groups excluding carboxylic acids is 1. The van der Waals surface area contributed by atoms with E-state index in [1.54, 1.807) is 13.1 Å². The van der Waals surface area contributed by atoms with Gasteiger partial charge in [-0.05, 0) is 44.0 Å². The minimum Gasteiger partial charge on any atom is -0.300 e. The molecule has 4 nitrogen and oxygen atoms in total. The summed E-state index contributed by atoms with van der Waals surface area (Å²) in [6.45, 7) is 3.50. The van der Waals surface area contributed by atoms with E-state index in [0.717, 1.165) is 25.1 Å². The molecule has 2 rings (SSSR count). The van der Waals surface area contributed by atoms with Gasteiger partial charge in [0.25, 0.3) is 0 Å². The van der Waals surface area contributed by atoms with Crippen molar-refractivity contribution in [2.75, 3.05) is 6.54 Å². The average molecular weight is 271 g/mol. The Morgan fingerprint density at radius 1 is 1.50 bits per heavy atom. The minimum absolute atomic E-state index is 0.259. The molecule has 1 saturated heterocycles. The molecule has 1 fully saturated rings. The fraction of sp³-hybridized carbons (Fsp3) is 0.562. The highest BCUT2D eigenvalue weighted by molar-refractivity contribution is 5.76. The van der Waals surface area contributed by atoms with Crippen molar-refractivity contribution in [3.05, 3.63) is 29.6 Å². The molecule has 1 unspecified atom stereocenters. The van der Waals surface area contributed by atoms with Crippen molar-refractivity contribution >= 4 is 5.78 Å². The van der Waals surface area contributed by atoms with Crippen LogP contribution in [0.2, 0.25) is 0 Å². The molecule has 0 bridgehead atoms. The van der Waals surface area contributed by atoms with Crippen LogP contribution < -0.4 is 0 Å². The fourth-order valence-corrected chi connectivity index (χ4v) is 2.88. The maximum absolute atomic E-state index is 11.4. The Bertz CT molecular complexity index is 507. The predicted molar refractivity (Wildman–Crippen MR) is 76.9 cm³/mol. The number of Topliss-reactive ketones (excluding diaryl/α,β-unsaturated/α-hetero) is 1. The van der Waals surface area contributed by atoms with E-state index < -0.39 is 0 Å². The zero-order valence-corrected chi connectivity index (χ0v) is 12.0. The van der Waals surface area contributed by atoms with Gasteiger partial charge in [-0.2, -0.15) is 5.26 Å². The topological polar surface area (TPSA) is 57.0 Å². The van der Waals surface area contributed by atoms with E-state index in [2.05, 4.69) is 16.0 Å². The van der Waals surface area contributed by atoms with E-state index in [0.29, 0.717) is 18.2 Å². The van der Waals surface area contributed by atoms with Crippen LogP contribution in [0.5, 0.6) is 0 Å². The lowest BCUT2D eigenvalue weighted by Crippen LogP contribution is -2.35. The minimum atomic E-state index is 0.259. The summed E-state index contributed by atoms with van der Waals surface area (Å²) in [6, 6.07) is 6.22. The standard InChI is InChI=1S/C16H21N3O/c1-13(20)9-16-5-3-2-4-8-19(16)12-14-6-7-18-15(10-14)11-17/h6-7,10,16H,2-5,8-9,12H2,1H3. The molecule has 0 saturated carbocycles. The molecule has 4 heteroatoms. The van der Waals surface area contributed by atoms with Crippen LogP contribution in [-0.2, 0) is 11.3 Å². The molecule has 0 amide bonds.